The van der Waals surface area contributed by atoms with E-state index in [0.29, 0.717) is 0 Å². The molecule has 1 aliphatic carbocycles. The summed E-state index contributed by atoms with van der Waals surface area (Å²) in [4.78, 5) is 7.04. The van der Waals surface area contributed by atoms with Crippen LogP contribution in [0.25, 0.3) is 0 Å². The summed E-state index contributed by atoms with van der Waals surface area (Å²) in [6.07, 6.45) is 7.86. The molecule has 5 nitrogen and oxygen atoms in total. The van der Waals surface area contributed by atoms with Gasteiger partial charge >= 0.3 is 0 Å². The quantitative estimate of drug-likeness (QED) is 0.631. The lowest BCUT2D eigenvalue weighted by Crippen LogP contribution is -2.64. The molecule has 6 heteroatoms. The molecule has 2 heterocycles. The molecular weight excluding hydrogens is 272 g/mol. The molecule has 112 valence electrons. The molecule has 1 aromatic rings. The molecule has 20 heavy (non-hydrogen) atoms. The molecule has 1 atom stereocenters. The number of nitrogens with one attached hydrogen (secondary N) is 1. The molecule has 3 rings (SSSR count). The maximum atomic E-state index is 5.93. The molecule has 1 aromatic heterocycles. The van der Waals surface area contributed by atoms with Gasteiger partial charge in [-0.1, -0.05) is 12.8 Å². The number of ether oxygens (including phenoxy) is 1. The number of hydrogen-bond acceptors (Lipinski definition) is 6. The minimum absolute atomic E-state index is 0.185. The molecule has 1 aliphatic heterocycles. The van der Waals surface area contributed by atoms with E-state index in [2.05, 4.69) is 15.3 Å². The summed E-state index contributed by atoms with van der Waals surface area (Å²) in [6, 6.07) is 0.272. The molecule has 0 radical (unpaired) electrons. The van der Waals surface area contributed by atoms with E-state index in [-0.39, 0.29) is 11.6 Å². The molecule has 1 unspecified atom stereocenters. The number of hydrazine groups is 1. The van der Waals surface area contributed by atoms with Crippen molar-refractivity contribution in [3.63, 3.8) is 0 Å². The fraction of sp³-hybridized carbons (Fsp3) is 0.786. The molecule has 1 saturated heterocycles. The summed E-state index contributed by atoms with van der Waals surface area (Å²) >= 11 is 1.72. The van der Waals surface area contributed by atoms with E-state index >= 15 is 0 Å². The van der Waals surface area contributed by atoms with Gasteiger partial charge in [0, 0.05) is 42.7 Å². The number of morpholine rings is 1. The number of nitrogens with zero attached hydrogens (tertiary/aromatic N) is 2. The van der Waals surface area contributed by atoms with Gasteiger partial charge in [-0.3, -0.25) is 16.2 Å². The molecule has 0 spiro atoms. The first-order valence-corrected chi connectivity index (χ1v) is 8.40. The summed E-state index contributed by atoms with van der Waals surface area (Å²) in [5.41, 5.74) is 3.29. The van der Waals surface area contributed by atoms with E-state index in [9.17, 15) is 0 Å². The highest BCUT2D eigenvalue weighted by Crippen LogP contribution is 2.39. The summed E-state index contributed by atoms with van der Waals surface area (Å²) in [5, 5.41) is 3.21. The Balaban J connectivity index is 1.79. The third-order valence-electron chi connectivity index (χ3n) is 4.82. The topological polar surface area (TPSA) is 63.4 Å². The molecule has 2 fully saturated rings. The molecule has 3 N–H and O–H groups in total. The van der Waals surface area contributed by atoms with Crippen molar-refractivity contribution in [3.8, 4) is 0 Å². The van der Waals surface area contributed by atoms with Crippen LogP contribution in [0.1, 0.15) is 30.7 Å². The highest BCUT2D eigenvalue weighted by molar-refractivity contribution is 7.09. The first-order chi connectivity index (χ1) is 9.85. The van der Waals surface area contributed by atoms with Gasteiger partial charge in [0.05, 0.1) is 18.2 Å². The van der Waals surface area contributed by atoms with Crippen molar-refractivity contribution < 1.29 is 4.74 Å². The van der Waals surface area contributed by atoms with Crippen LogP contribution in [0.4, 0.5) is 0 Å². The zero-order valence-electron chi connectivity index (χ0n) is 11.9. The standard InChI is InChI=1S/C14H24N4OS/c15-17-12(11-13-16-5-10-20-13)14(3-1-2-4-14)18-6-8-19-9-7-18/h5,10,12,17H,1-4,6-9,11,15H2. The molecule has 0 aromatic carbocycles. The Bertz CT molecular complexity index is 399. The molecular formula is C14H24N4OS. The second-order valence-corrected chi connectivity index (χ2v) is 6.74. The number of aromatic nitrogens is 1. The van der Waals surface area contributed by atoms with Crippen molar-refractivity contribution in [2.45, 2.75) is 43.7 Å². The SMILES string of the molecule is NNC(Cc1nccs1)C1(N2CCOCC2)CCCC1. The number of thiazole rings is 1. The summed E-state index contributed by atoms with van der Waals surface area (Å²) in [7, 11) is 0. The van der Waals surface area contributed by atoms with Crippen molar-refractivity contribution in [1.82, 2.24) is 15.3 Å². The second-order valence-electron chi connectivity index (χ2n) is 5.76. The van der Waals surface area contributed by atoms with E-state index in [1.807, 2.05) is 11.6 Å². The zero-order valence-corrected chi connectivity index (χ0v) is 12.7. The third-order valence-corrected chi connectivity index (χ3v) is 5.62. The van der Waals surface area contributed by atoms with Crippen molar-refractivity contribution in [2.24, 2.45) is 5.84 Å². The lowest BCUT2D eigenvalue weighted by molar-refractivity contribution is -0.0357. The van der Waals surface area contributed by atoms with Crippen LogP contribution in [0.15, 0.2) is 11.6 Å². The van der Waals surface area contributed by atoms with Gasteiger partial charge < -0.3 is 4.74 Å². The number of hydrogen-bond donors (Lipinski definition) is 2. The summed E-state index contributed by atoms with van der Waals surface area (Å²) in [5.74, 6) is 5.93. The van der Waals surface area contributed by atoms with Gasteiger partial charge in [-0.25, -0.2) is 4.98 Å². The van der Waals surface area contributed by atoms with E-state index in [1.165, 1.54) is 30.7 Å². The second kappa shape index (κ2) is 6.49. The van der Waals surface area contributed by atoms with Gasteiger partial charge in [0.25, 0.3) is 0 Å². The third kappa shape index (κ3) is 2.76. The van der Waals surface area contributed by atoms with E-state index in [1.54, 1.807) is 11.3 Å². The Hall–Kier alpha value is -0.530. The summed E-state index contributed by atoms with van der Waals surface area (Å²) in [6.45, 7) is 3.73. The average molecular weight is 296 g/mol. The summed E-state index contributed by atoms with van der Waals surface area (Å²) < 4.78 is 5.52. The van der Waals surface area contributed by atoms with Crippen LogP contribution in [0.5, 0.6) is 0 Å². The first kappa shape index (κ1) is 14.4. The predicted octanol–water partition coefficient (Wildman–Crippen LogP) is 1.16. The van der Waals surface area contributed by atoms with Gasteiger partial charge in [0.2, 0.25) is 0 Å². The van der Waals surface area contributed by atoms with Crippen molar-refractivity contribution in [1.29, 1.82) is 0 Å². The predicted molar refractivity (Wildman–Crippen MR) is 80.5 cm³/mol. The monoisotopic (exact) mass is 296 g/mol. The van der Waals surface area contributed by atoms with Gasteiger partial charge in [-0.05, 0) is 12.8 Å². The van der Waals surface area contributed by atoms with Crippen LogP contribution in [-0.4, -0.2) is 47.8 Å². The van der Waals surface area contributed by atoms with Gasteiger partial charge in [0.1, 0.15) is 0 Å². The maximum Gasteiger partial charge on any atom is 0.0941 e. The first-order valence-electron chi connectivity index (χ1n) is 7.52. The fourth-order valence-corrected chi connectivity index (χ4v) is 4.48. The highest BCUT2D eigenvalue weighted by atomic mass is 32.1. The van der Waals surface area contributed by atoms with Gasteiger partial charge in [0.15, 0.2) is 0 Å². The highest BCUT2D eigenvalue weighted by Gasteiger charge is 2.46. The van der Waals surface area contributed by atoms with Crippen LogP contribution in [0.2, 0.25) is 0 Å². The Morgan fingerprint density at radius 2 is 2.15 bits per heavy atom. The Morgan fingerprint density at radius 1 is 1.40 bits per heavy atom. The maximum absolute atomic E-state index is 5.93. The Morgan fingerprint density at radius 3 is 2.75 bits per heavy atom. The van der Waals surface area contributed by atoms with E-state index in [0.717, 1.165) is 32.7 Å². The van der Waals surface area contributed by atoms with Gasteiger partial charge in [-0.2, -0.15) is 0 Å². The van der Waals surface area contributed by atoms with Crippen LogP contribution in [-0.2, 0) is 11.2 Å². The molecule has 2 aliphatic rings. The molecule has 0 bridgehead atoms. The fourth-order valence-electron chi connectivity index (χ4n) is 3.81. The Kier molecular flexibility index (Phi) is 4.68. The lowest BCUT2D eigenvalue weighted by Gasteiger charge is -2.48. The Labute approximate surface area is 124 Å². The zero-order chi connectivity index (χ0) is 13.8. The van der Waals surface area contributed by atoms with Crippen molar-refractivity contribution in [2.75, 3.05) is 26.3 Å². The van der Waals surface area contributed by atoms with Crippen LogP contribution in [0, 0.1) is 0 Å². The minimum Gasteiger partial charge on any atom is -0.379 e. The number of rotatable bonds is 5. The lowest BCUT2D eigenvalue weighted by atomic mass is 9.84. The largest absolute Gasteiger partial charge is 0.379 e. The number of nitrogens with two attached hydrogens (primary N) is 1. The smallest absolute Gasteiger partial charge is 0.0941 e. The van der Waals surface area contributed by atoms with Crippen LogP contribution in [0.3, 0.4) is 0 Å². The average Bonchev–Trinajstić information content (AvgIpc) is 3.18. The van der Waals surface area contributed by atoms with Crippen molar-refractivity contribution >= 4 is 11.3 Å². The molecule has 1 saturated carbocycles. The van der Waals surface area contributed by atoms with E-state index < -0.39 is 0 Å². The van der Waals surface area contributed by atoms with Crippen LogP contribution < -0.4 is 11.3 Å². The van der Waals surface area contributed by atoms with E-state index in [4.69, 9.17) is 10.6 Å². The normalized spacial score (nSPS) is 24.9. The van der Waals surface area contributed by atoms with Crippen LogP contribution >= 0.6 is 11.3 Å². The van der Waals surface area contributed by atoms with Gasteiger partial charge in [-0.15, -0.1) is 11.3 Å². The minimum atomic E-state index is 0.185. The van der Waals surface area contributed by atoms with Crippen molar-refractivity contribution in [3.05, 3.63) is 16.6 Å². The molecule has 0 amide bonds.